The number of sulfonamides is 1. The summed E-state index contributed by atoms with van der Waals surface area (Å²) in [6.45, 7) is 4.42. The zero-order valence-electron chi connectivity index (χ0n) is 10.8. The van der Waals surface area contributed by atoms with Crippen molar-refractivity contribution in [1.29, 1.82) is 0 Å². The fourth-order valence-electron chi connectivity index (χ4n) is 2.20. The van der Waals surface area contributed by atoms with Crippen LogP contribution in [0.1, 0.15) is 13.8 Å². The Bertz CT molecular complexity index is 566. The summed E-state index contributed by atoms with van der Waals surface area (Å²) in [6, 6.07) is 4.85. The minimum Gasteiger partial charge on any atom is -0.398 e. The molecule has 0 amide bonds. The second kappa shape index (κ2) is 5.40. The van der Waals surface area contributed by atoms with Gasteiger partial charge in [-0.05, 0) is 32.0 Å². The summed E-state index contributed by atoms with van der Waals surface area (Å²) in [5, 5.41) is 0. The van der Waals surface area contributed by atoms with E-state index in [-0.39, 0.29) is 22.8 Å². The Balaban J connectivity index is 2.39. The molecule has 1 heterocycles. The van der Waals surface area contributed by atoms with E-state index in [0.29, 0.717) is 17.6 Å². The van der Waals surface area contributed by atoms with Crippen LogP contribution in [0.15, 0.2) is 27.6 Å². The van der Waals surface area contributed by atoms with E-state index in [0.717, 1.165) is 0 Å². The number of nitrogens with zero attached hydrogens (tertiary/aromatic N) is 1. The van der Waals surface area contributed by atoms with Gasteiger partial charge in [0.25, 0.3) is 0 Å². The summed E-state index contributed by atoms with van der Waals surface area (Å²) in [4.78, 5) is 0.142. The highest BCUT2D eigenvalue weighted by Gasteiger charge is 2.33. The number of nitrogens with two attached hydrogens (primary N) is 1. The van der Waals surface area contributed by atoms with E-state index < -0.39 is 10.0 Å². The molecule has 1 saturated heterocycles. The van der Waals surface area contributed by atoms with Crippen LogP contribution < -0.4 is 5.73 Å². The van der Waals surface area contributed by atoms with Gasteiger partial charge in [-0.1, -0.05) is 15.9 Å². The normalized spacial score (nSPS) is 25.4. The highest BCUT2D eigenvalue weighted by atomic mass is 79.9. The van der Waals surface area contributed by atoms with Gasteiger partial charge in [-0.2, -0.15) is 4.31 Å². The molecule has 0 bridgehead atoms. The van der Waals surface area contributed by atoms with Crippen molar-refractivity contribution < 1.29 is 13.2 Å². The van der Waals surface area contributed by atoms with Crippen LogP contribution in [0.2, 0.25) is 0 Å². The van der Waals surface area contributed by atoms with Crippen LogP contribution in [0.5, 0.6) is 0 Å². The third-order valence-corrected chi connectivity index (χ3v) is 5.36. The molecule has 1 aromatic carbocycles. The summed E-state index contributed by atoms with van der Waals surface area (Å²) >= 11 is 3.27. The number of hydrogen-bond acceptors (Lipinski definition) is 4. The van der Waals surface area contributed by atoms with Crippen molar-refractivity contribution in [2.75, 3.05) is 18.8 Å². The number of rotatable bonds is 2. The highest BCUT2D eigenvalue weighted by Crippen LogP contribution is 2.27. The van der Waals surface area contributed by atoms with E-state index in [1.807, 2.05) is 13.8 Å². The van der Waals surface area contributed by atoms with Crippen LogP contribution in [-0.2, 0) is 14.8 Å². The lowest BCUT2D eigenvalue weighted by Crippen LogP contribution is -2.48. The van der Waals surface area contributed by atoms with Gasteiger partial charge >= 0.3 is 0 Å². The molecule has 0 aliphatic carbocycles. The second-order valence-corrected chi connectivity index (χ2v) is 7.58. The number of benzene rings is 1. The Hall–Kier alpha value is -0.630. The Morgan fingerprint density at radius 3 is 2.47 bits per heavy atom. The number of anilines is 1. The van der Waals surface area contributed by atoms with Crippen LogP contribution in [-0.4, -0.2) is 38.0 Å². The van der Waals surface area contributed by atoms with Crippen molar-refractivity contribution in [3.8, 4) is 0 Å². The van der Waals surface area contributed by atoms with Crippen LogP contribution in [0.4, 0.5) is 5.69 Å². The molecule has 0 radical (unpaired) electrons. The smallest absolute Gasteiger partial charge is 0.245 e. The average Bonchev–Trinajstić information content (AvgIpc) is 2.31. The Morgan fingerprint density at radius 2 is 1.89 bits per heavy atom. The molecule has 1 aromatic rings. The zero-order chi connectivity index (χ0) is 14.2. The molecule has 0 aromatic heterocycles. The quantitative estimate of drug-likeness (QED) is 0.827. The molecule has 1 aliphatic heterocycles. The van der Waals surface area contributed by atoms with Gasteiger partial charge in [0.05, 0.1) is 17.9 Å². The van der Waals surface area contributed by atoms with Crippen molar-refractivity contribution in [3.63, 3.8) is 0 Å². The predicted molar refractivity (Wildman–Crippen MR) is 77.3 cm³/mol. The lowest BCUT2D eigenvalue weighted by Gasteiger charge is -2.34. The van der Waals surface area contributed by atoms with Gasteiger partial charge in [-0.25, -0.2) is 8.42 Å². The lowest BCUT2D eigenvalue weighted by atomic mass is 10.3. The summed E-state index contributed by atoms with van der Waals surface area (Å²) in [7, 11) is -3.58. The molecule has 5 nitrogen and oxygen atoms in total. The van der Waals surface area contributed by atoms with E-state index in [1.165, 1.54) is 10.4 Å². The molecule has 106 valence electrons. The van der Waals surface area contributed by atoms with Gasteiger partial charge in [0.15, 0.2) is 0 Å². The minimum atomic E-state index is -3.58. The van der Waals surface area contributed by atoms with Gasteiger partial charge in [-0.15, -0.1) is 0 Å². The van der Waals surface area contributed by atoms with E-state index in [9.17, 15) is 8.42 Å². The summed E-state index contributed by atoms with van der Waals surface area (Å²) in [5.74, 6) is 0. The fourth-order valence-corrected chi connectivity index (χ4v) is 4.44. The molecule has 2 atom stereocenters. The molecule has 0 spiro atoms. The molecule has 2 N–H and O–H groups in total. The first kappa shape index (κ1) is 14.8. The van der Waals surface area contributed by atoms with E-state index >= 15 is 0 Å². The topological polar surface area (TPSA) is 72.6 Å². The van der Waals surface area contributed by atoms with Crippen molar-refractivity contribution in [2.24, 2.45) is 0 Å². The maximum absolute atomic E-state index is 12.6. The Kier molecular flexibility index (Phi) is 4.20. The first-order chi connectivity index (χ1) is 8.80. The molecule has 19 heavy (non-hydrogen) atoms. The minimum absolute atomic E-state index is 0.119. The van der Waals surface area contributed by atoms with E-state index in [2.05, 4.69) is 15.9 Å². The molecular weight excluding hydrogens is 332 g/mol. The number of nitrogen functional groups attached to an aromatic ring is 1. The van der Waals surface area contributed by atoms with Crippen LogP contribution in [0, 0.1) is 0 Å². The molecular formula is C12H17BrN2O3S. The predicted octanol–water partition coefficient (Wildman–Crippen LogP) is 1.83. The monoisotopic (exact) mass is 348 g/mol. The van der Waals surface area contributed by atoms with E-state index in [1.54, 1.807) is 12.1 Å². The van der Waals surface area contributed by atoms with Crippen molar-refractivity contribution in [2.45, 2.75) is 31.0 Å². The van der Waals surface area contributed by atoms with Gasteiger partial charge in [0, 0.05) is 17.6 Å². The number of hydrogen-bond donors (Lipinski definition) is 1. The van der Waals surface area contributed by atoms with Gasteiger partial charge in [0.1, 0.15) is 4.90 Å². The highest BCUT2D eigenvalue weighted by molar-refractivity contribution is 9.10. The van der Waals surface area contributed by atoms with Gasteiger partial charge in [0.2, 0.25) is 10.0 Å². The molecule has 0 saturated carbocycles. The summed E-state index contributed by atoms with van der Waals surface area (Å²) in [6.07, 6.45) is -0.237. The maximum atomic E-state index is 12.6. The Labute approximate surface area is 121 Å². The number of ether oxygens (including phenoxy) is 1. The van der Waals surface area contributed by atoms with Crippen molar-refractivity contribution in [3.05, 3.63) is 22.7 Å². The number of morpholine rings is 1. The molecule has 1 fully saturated rings. The van der Waals surface area contributed by atoms with Crippen LogP contribution >= 0.6 is 15.9 Å². The third kappa shape index (κ3) is 3.10. The SMILES string of the molecule is CC1CN(S(=O)(=O)c2cc(Br)ccc2N)CC(C)O1. The molecule has 2 unspecified atom stereocenters. The first-order valence-corrected chi connectivity index (χ1v) is 8.24. The van der Waals surface area contributed by atoms with Crippen molar-refractivity contribution in [1.82, 2.24) is 4.31 Å². The average molecular weight is 349 g/mol. The fraction of sp³-hybridized carbons (Fsp3) is 0.500. The Morgan fingerprint density at radius 1 is 1.32 bits per heavy atom. The zero-order valence-corrected chi connectivity index (χ0v) is 13.2. The molecule has 2 rings (SSSR count). The number of halogens is 1. The molecule has 7 heteroatoms. The van der Waals surface area contributed by atoms with E-state index in [4.69, 9.17) is 10.5 Å². The molecule has 1 aliphatic rings. The first-order valence-electron chi connectivity index (χ1n) is 6.01. The standard InChI is InChI=1S/C12H17BrN2O3S/c1-8-6-15(7-9(2)18-8)19(16,17)12-5-10(13)3-4-11(12)14/h3-5,8-9H,6-7,14H2,1-2H3. The summed E-state index contributed by atoms with van der Waals surface area (Å²) < 4.78 is 32.9. The lowest BCUT2D eigenvalue weighted by molar-refractivity contribution is -0.0440. The summed E-state index contributed by atoms with van der Waals surface area (Å²) in [5.41, 5.74) is 6.05. The van der Waals surface area contributed by atoms with Crippen LogP contribution in [0.3, 0.4) is 0 Å². The largest absolute Gasteiger partial charge is 0.398 e. The maximum Gasteiger partial charge on any atom is 0.245 e. The van der Waals surface area contributed by atoms with Crippen molar-refractivity contribution >= 4 is 31.6 Å². The van der Waals surface area contributed by atoms with Gasteiger partial charge < -0.3 is 10.5 Å². The second-order valence-electron chi connectivity index (χ2n) is 4.76. The third-order valence-electron chi connectivity index (χ3n) is 2.98. The van der Waals surface area contributed by atoms with Gasteiger partial charge in [-0.3, -0.25) is 0 Å². The van der Waals surface area contributed by atoms with Crippen LogP contribution in [0.25, 0.3) is 0 Å².